The molecule has 1 atom stereocenters. The number of carbonyl (C=O) groups is 1. The van der Waals surface area contributed by atoms with Crippen LogP contribution >= 0.6 is 0 Å². The van der Waals surface area contributed by atoms with Crippen molar-refractivity contribution in [2.45, 2.75) is 23.8 Å². The second kappa shape index (κ2) is 6.31. The third-order valence-corrected chi connectivity index (χ3v) is 6.96. The Balaban J connectivity index is 1.65. The Kier molecular flexibility index (Phi) is 4.20. The molecule has 0 aliphatic carbocycles. The summed E-state index contributed by atoms with van der Waals surface area (Å²) in [4.78, 5) is 18.9. The van der Waals surface area contributed by atoms with Crippen molar-refractivity contribution in [3.63, 3.8) is 0 Å². The van der Waals surface area contributed by atoms with Crippen molar-refractivity contribution in [3.05, 3.63) is 53.9 Å². The van der Waals surface area contributed by atoms with Gasteiger partial charge in [0.15, 0.2) is 0 Å². The van der Waals surface area contributed by atoms with Gasteiger partial charge in [-0.3, -0.25) is 9.78 Å². The van der Waals surface area contributed by atoms with Crippen LogP contribution in [0.2, 0.25) is 0 Å². The number of carbonyl (C=O) groups excluding carboxylic acids is 1. The van der Waals surface area contributed by atoms with Crippen LogP contribution in [0.1, 0.15) is 22.5 Å². The molecule has 2 aliphatic heterocycles. The Morgan fingerprint density at radius 2 is 2.00 bits per heavy atom. The van der Waals surface area contributed by atoms with Gasteiger partial charge in [0, 0.05) is 26.2 Å². The Bertz CT molecular complexity index is 1010. The average molecular weight is 387 g/mol. The van der Waals surface area contributed by atoms with Gasteiger partial charge in [0.1, 0.15) is 21.9 Å². The van der Waals surface area contributed by atoms with Gasteiger partial charge in [-0.05, 0) is 36.8 Å². The van der Waals surface area contributed by atoms with Crippen LogP contribution in [-0.2, 0) is 10.0 Å². The number of nitrogens with zero attached hydrogens (tertiary/aromatic N) is 3. The maximum absolute atomic E-state index is 12.8. The van der Waals surface area contributed by atoms with E-state index < -0.39 is 15.6 Å². The Morgan fingerprint density at radius 3 is 2.78 bits per heavy atom. The molecule has 0 radical (unpaired) electrons. The van der Waals surface area contributed by atoms with Crippen LogP contribution in [0.25, 0.3) is 0 Å². The lowest BCUT2D eigenvalue weighted by atomic mass is 10.0. The van der Waals surface area contributed by atoms with E-state index >= 15 is 0 Å². The smallest absolute Gasteiger partial charge is 0.272 e. The number of hydrogen-bond acceptors (Lipinski definition) is 5. The van der Waals surface area contributed by atoms with Gasteiger partial charge in [-0.15, -0.1) is 0 Å². The van der Waals surface area contributed by atoms with E-state index in [2.05, 4.69) is 4.98 Å². The van der Waals surface area contributed by atoms with E-state index in [9.17, 15) is 13.2 Å². The summed E-state index contributed by atoms with van der Waals surface area (Å²) in [6.07, 6.45) is 2.17. The summed E-state index contributed by atoms with van der Waals surface area (Å²) in [5.74, 6) is 0.173. The number of benzene rings is 1. The molecule has 1 spiro atoms. The van der Waals surface area contributed by atoms with Gasteiger partial charge in [0.2, 0.25) is 10.0 Å². The molecule has 1 aromatic heterocycles. The fraction of sp³-hybridized carbons (Fsp3) is 0.368. The third kappa shape index (κ3) is 3.08. The highest BCUT2D eigenvalue weighted by Gasteiger charge is 2.48. The Morgan fingerprint density at radius 1 is 1.22 bits per heavy atom. The first-order valence-corrected chi connectivity index (χ1v) is 10.2. The predicted molar refractivity (Wildman–Crippen MR) is 99.1 cm³/mol. The zero-order chi connectivity index (χ0) is 19.2. The van der Waals surface area contributed by atoms with Crippen molar-refractivity contribution >= 4 is 15.9 Å². The predicted octanol–water partition coefficient (Wildman–Crippen LogP) is 1.69. The molecule has 8 heteroatoms. The first-order valence-electron chi connectivity index (χ1n) is 8.77. The summed E-state index contributed by atoms with van der Waals surface area (Å²) < 4.78 is 33.1. The molecule has 0 N–H and O–H groups in total. The molecule has 2 aromatic rings. The molecule has 1 amide bonds. The Labute approximate surface area is 158 Å². The highest BCUT2D eigenvalue weighted by Crippen LogP contribution is 2.37. The first kappa shape index (κ1) is 17.9. The number of likely N-dealkylation sites (tertiary alicyclic amines) is 1. The molecule has 7 nitrogen and oxygen atoms in total. The van der Waals surface area contributed by atoms with Gasteiger partial charge < -0.3 is 9.64 Å². The molecule has 0 unspecified atom stereocenters. The second-order valence-corrected chi connectivity index (χ2v) is 9.20. The fourth-order valence-electron chi connectivity index (χ4n) is 3.72. The van der Waals surface area contributed by atoms with E-state index in [1.165, 1.54) is 4.31 Å². The topological polar surface area (TPSA) is 79.8 Å². The molecular formula is C19H21N3O4S. The van der Waals surface area contributed by atoms with E-state index in [1.807, 2.05) is 13.0 Å². The fourth-order valence-corrected chi connectivity index (χ4v) is 5.07. The number of amides is 1. The summed E-state index contributed by atoms with van der Waals surface area (Å²) in [5, 5.41) is 0. The molecular weight excluding hydrogens is 366 g/mol. The summed E-state index contributed by atoms with van der Waals surface area (Å²) in [5.41, 5.74) is 0.586. The number of aromatic nitrogens is 1. The molecule has 0 bridgehead atoms. The van der Waals surface area contributed by atoms with Crippen molar-refractivity contribution in [3.8, 4) is 5.75 Å². The summed E-state index contributed by atoms with van der Waals surface area (Å²) in [7, 11) is -2.07. The molecule has 3 heterocycles. The summed E-state index contributed by atoms with van der Waals surface area (Å²) in [6, 6.07) is 10.2. The van der Waals surface area contributed by atoms with Crippen LogP contribution in [0, 0.1) is 6.92 Å². The third-order valence-electron chi connectivity index (χ3n) is 5.11. The average Bonchev–Trinajstić information content (AvgIpc) is 3.01. The largest absolute Gasteiger partial charge is 0.483 e. The molecule has 1 saturated heterocycles. The molecule has 27 heavy (non-hydrogen) atoms. The lowest BCUT2D eigenvalue weighted by Gasteiger charge is -2.30. The minimum absolute atomic E-state index is 0.162. The van der Waals surface area contributed by atoms with Gasteiger partial charge in [0.05, 0.1) is 13.1 Å². The number of para-hydroxylation sites is 1. The van der Waals surface area contributed by atoms with Gasteiger partial charge in [0.25, 0.3) is 5.91 Å². The molecule has 142 valence electrons. The second-order valence-electron chi connectivity index (χ2n) is 7.19. The van der Waals surface area contributed by atoms with Gasteiger partial charge in [-0.25, -0.2) is 8.42 Å². The van der Waals surface area contributed by atoms with Crippen LogP contribution in [0.5, 0.6) is 5.75 Å². The van der Waals surface area contributed by atoms with Crippen LogP contribution < -0.4 is 4.74 Å². The van der Waals surface area contributed by atoms with E-state index in [0.717, 1.165) is 5.56 Å². The van der Waals surface area contributed by atoms with E-state index in [1.54, 1.807) is 48.5 Å². The number of aryl methyl sites for hydroxylation is 1. The summed E-state index contributed by atoms with van der Waals surface area (Å²) in [6.45, 7) is 2.91. The quantitative estimate of drug-likeness (QED) is 0.744. The summed E-state index contributed by atoms with van der Waals surface area (Å²) >= 11 is 0. The highest BCUT2D eigenvalue weighted by molar-refractivity contribution is 7.89. The number of sulfonamides is 1. The van der Waals surface area contributed by atoms with Crippen molar-refractivity contribution < 1.29 is 17.9 Å². The molecule has 1 aromatic carbocycles. The number of rotatable bonds is 1. The molecule has 4 rings (SSSR count). The Hall–Kier alpha value is -2.45. The minimum atomic E-state index is -3.62. The van der Waals surface area contributed by atoms with Crippen molar-refractivity contribution in [2.24, 2.45) is 0 Å². The number of hydrogen-bond donors (Lipinski definition) is 0. The standard InChI is InChI=1S/C19H21N3O4S/c1-14-7-9-20-15(11-14)18(23)22-10-8-19(13-22)12-21(2)27(24,25)17-6-4-3-5-16(17)26-19/h3-7,9,11H,8,10,12-13H2,1-2H3/t19-/m0/s1. The number of likely N-dealkylation sites (N-methyl/N-ethyl adjacent to an activating group) is 1. The zero-order valence-corrected chi connectivity index (χ0v) is 16.1. The van der Waals surface area contributed by atoms with Crippen LogP contribution in [0.4, 0.5) is 0 Å². The number of pyridine rings is 1. The number of ether oxygens (including phenoxy) is 1. The van der Waals surface area contributed by atoms with E-state index in [4.69, 9.17) is 4.74 Å². The normalized spacial score (nSPS) is 24.3. The maximum Gasteiger partial charge on any atom is 0.272 e. The highest BCUT2D eigenvalue weighted by atomic mass is 32.2. The monoisotopic (exact) mass is 387 g/mol. The zero-order valence-electron chi connectivity index (χ0n) is 15.3. The lowest BCUT2D eigenvalue weighted by Crippen LogP contribution is -2.48. The van der Waals surface area contributed by atoms with Crippen molar-refractivity contribution in [1.29, 1.82) is 0 Å². The van der Waals surface area contributed by atoms with Crippen molar-refractivity contribution in [1.82, 2.24) is 14.2 Å². The maximum atomic E-state index is 12.8. The minimum Gasteiger partial charge on any atom is -0.483 e. The molecule has 0 saturated carbocycles. The lowest BCUT2D eigenvalue weighted by molar-refractivity contribution is 0.0541. The van der Waals surface area contributed by atoms with Crippen LogP contribution in [0.3, 0.4) is 0 Å². The van der Waals surface area contributed by atoms with Gasteiger partial charge >= 0.3 is 0 Å². The van der Waals surface area contributed by atoms with Crippen molar-refractivity contribution in [2.75, 3.05) is 26.7 Å². The first-order chi connectivity index (χ1) is 12.8. The van der Waals surface area contributed by atoms with Gasteiger partial charge in [-0.2, -0.15) is 4.31 Å². The van der Waals surface area contributed by atoms with Crippen LogP contribution in [-0.4, -0.2) is 60.8 Å². The SMILES string of the molecule is Cc1ccnc(C(=O)N2CC[C@@]3(C2)CN(C)S(=O)(=O)c2ccccc2O3)c1. The van der Waals surface area contributed by atoms with E-state index in [-0.39, 0.29) is 17.3 Å². The molecule has 1 fully saturated rings. The van der Waals surface area contributed by atoms with E-state index in [0.29, 0.717) is 31.0 Å². The van der Waals surface area contributed by atoms with Gasteiger partial charge in [-0.1, -0.05) is 12.1 Å². The number of fused-ring (bicyclic) bond motifs is 1. The molecule has 2 aliphatic rings. The van der Waals surface area contributed by atoms with Crippen LogP contribution in [0.15, 0.2) is 47.5 Å².